The highest BCUT2D eigenvalue weighted by atomic mass is 16.6. The lowest BCUT2D eigenvalue weighted by molar-refractivity contribution is -0.386. The van der Waals surface area contributed by atoms with Crippen LogP contribution in [0.3, 0.4) is 0 Å². The van der Waals surface area contributed by atoms with Gasteiger partial charge in [0.15, 0.2) is 0 Å². The minimum atomic E-state index is -1.11. The molecule has 5 nitrogen and oxygen atoms in total. The number of aliphatic hydroxyl groups excluding tert-OH is 1. The normalized spacial score (nSPS) is 24.1. The number of para-hydroxylation sites is 1. The van der Waals surface area contributed by atoms with Gasteiger partial charge >= 0.3 is 0 Å². The molecule has 22 heavy (non-hydrogen) atoms. The monoisotopic (exact) mass is 305 g/mol. The SMILES string of the molecule is CC(C)(C)[C@H]1CCC(=O)[C@H]([C@@H](O)c2ccccc2[N+](=O)[O-])C1. The van der Waals surface area contributed by atoms with Crippen molar-refractivity contribution < 1.29 is 14.8 Å². The Bertz CT molecular complexity index is 576. The van der Waals surface area contributed by atoms with Crippen molar-refractivity contribution in [3.8, 4) is 0 Å². The molecular weight excluding hydrogens is 282 g/mol. The van der Waals surface area contributed by atoms with Crippen molar-refractivity contribution in [1.29, 1.82) is 0 Å². The molecule has 1 aromatic carbocycles. The number of rotatable bonds is 3. The molecule has 1 aliphatic carbocycles. The molecule has 0 amide bonds. The van der Waals surface area contributed by atoms with Crippen molar-refractivity contribution in [2.24, 2.45) is 17.3 Å². The fourth-order valence-electron chi connectivity index (χ4n) is 3.27. The van der Waals surface area contributed by atoms with Crippen LogP contribution in [-0.2, 0) is 4.79 Å². The summed E-state index contributed by atoms with van der Waals surface area (Å²) in [5, 5.41) is 21.7. The first kappa shape index (κ1) is 16.6. The average Bonchev–Trinajstić information content (AvgIpc) is 2.45. The third-order valence-electron chi connectivity index (χ3n) is 4.75. The maximum atomic E-state index is 12.2. The quantitative estimate of drug-likeness (QED) is 0.682. The molecule has 0 unspecified atom stereocenters. The zero-order chi connectivity index (χ0) is 16.5. The van der Waals surface area contributed by atoms with Gasteiger partial charge in [-0.15, -0.1) is 0 Å². The molecule has 0 bridgehead atoms. The maximum absolute atomic E-state index is 12.2. The lowest BCUT2D eigenvalue weighted by Crippen LogP contribution is -2.35. The number of carbonyl (C=O) groups excluding carboxylic acids is 1. The molecule has 0 saturated heterocycles. The highest BCUT2D eigenvalue weighted by molar-refractivity contribution is 5.82. The summed E-state index contributed by atoms with van der Waals surface area (Å²) in [6, 6.07) is 6.12. The molecular formula is C17H23NO4. The molecule has 1 aliphatic rings. The number of nitro groups is 1. The van der Waals surface area contributed by atoms with Gasteiger partial charge in [-0.1, -0.05) is 32.9 Å². The van der Waals surface area contributed by atoms with E-state index >= 15 is 0 Å². The standard InChI is InChI=1S/C17H23NO4/c1-17(2,3)11-8-9-15(19)13(10-11)16(20)12-6-4-5-7-14(12)18(21)22/h4-7,11,13,16,20H,8-10H2,1-3H3/t11-,13+,16-/m0/s1. The first-order chi connectivity index (χ1) is 10.2. The molecule has 0 aromatic heterocycles. The first-order valence-electron chi connectivity index (χ1n) is 7.66. The number of aliphatic hydroxyl groups is 1. The minimum Gasteiger partial charge on any atom is -0.387 e. The van der Waals surface area contributed by atoms with E-state index in [4.69, 9.17) is 0 Å². The molecule has 1 aromatic rings. The van der Waals surface area contributed by atoms with Crippen LogP contribution in [0.4, 0.5) is 5.69 Å². The van der Waals surface area contributed by atoms with Gasteiger partial charge in [0.05, 0.1) is 16.6 Å². The van der Waals surface area contributed by atoms with E-state index in [-0.39, 0.29) is 22.4 Å². The van der Waals surface area contributed by atoms with Crippen LogP contribution in [0.1, 0.15) is 51.7 Å². The Morgan fingerprint density at radius 3 is 2.55 bits per heavy atom. The Morgan fingerprint density at radius 1 is 1.32 bits per heavy atom. The van der Waals surface area contributed by atoms with Crippen LogP contribution in [0, 0.1) is 27.4 Å². The second-order valence-corrected chi connectivity index (χ2v) is 7.17. The smallest absolute Gasteiger partial charge is 0.275 e. The van der Waals surface area contributed by atoms with Crippen molar-refractivity contribution in [2.45, 2.75) is 46.1 Å². The number of hydrogen-bond donors (Lipinski definition) is 1. The lowest BCUT2D eigenvalue weighted by atomic mass is 9.67. The van der Waals surface area contributed by atoms with Crippen LogP contribution in [0.25, 0.3) is 0 Å². The summed E-state index contributed by atoms with van der Waals surface area (Å²) in [5.74, 6) is -0.224. The van der Waals surface area contributed by atoms with E-state index in [0.717, 1.165) is 6.42 Å². The lowest BCUT2D eigenvalue weighted by Gasteiger charge is -2.38. The predicted molar refractivity (Wildman–Crippen MR) is 83.3 cm³/mol. The molecule has 1 N–H and O–H groups in total. The maximum Gasteiger partial charge on any atom is 0.275 e. The van der Waals surface area contributed by atoms with Crippen LogP contribution in [-0.4, -0.2) is 15.8 Å². The second-order valence-electron chi connectivity index (χ2n) is 7.17. The van der Waals surface area contributed by atoms with Gasteiger partial charge in [0, 0.05) is 18.4 Å². The molecule has 0 radical (unpaired) electrons. The largest absolute Gasteiger partial charge is 0.387 e. The molecule has 0 aliphatic heterocycles. The van der Waals surface area contributed by atoms with Crippen molar-refractivity contribution in [3.05, 3.63) is 39.9 Å². The fourth-order valence-corrected chi connectivity index (χ4v) is 3.27. The Labute approximate surface area is 130 Å². The number of nitrogens with zero attached hydrogens (tertiary/aromatic N) is 1. The van der Waals surface area contributed by atoms with Gasteiger partial charge in [-0.05, 0) is 30.2 Å². The van der Waals surface area contributed by atoms with Crippen LogP contribution < -0.4 is 0 Å². The second kappa shape index (κ2) is 6.16. The van der Waals surface area contributed by atoms with E-state index in [1.807, 2.05) is 0 Å². The van der Waals surface area contributed by atoms with Gasteiger partial charge in [-0.25, -0.2) is 0 Å². The van der Waals surface area contributed by atoms with Gasteiger partial charge < -0.3 is 5.11 Å². The molecule has 0 heterocycles. The molecule has 2 rings (SSSR count). The van der Waals surface area contributed by atoms with Crippen molar-refractivity contribution >= 4 is 11.5 Å². The van der Waals surface area contributed by atoms with Crippen molar-refractivity contribution in [1.82, 2.24) is 0 Å². The molecule has 3 atom stereocenters. The summed E-state index contributed by atoms with van der Waals surface area (Å²) in [4.78, 5) is 22.8. The molecule has 1 saturated carbocycles. The van der Waals surface area contributed by atoms with Crippen molar-refractivity contribution in [2.75, 3.05) is 0 Å². The minimum absolute atomic E-state index is 0.00570. The molecule has 1 fully saturated rings. The van der Waals surface area contributed by atoms with Crippen LogP contribution >= 0.6 is 0 Å². The molecule has 5 heteroatoms. The van der Waals surface area contributed by atoms with E-state index in [0.29, 0.717) is 18.8 Å². The summed E-state index contributed by atoms with van der Waals surface area (Å²) in [5.41, 5.74) is 0.169. The van der Waals surface area contributed by atoms with Crippen molar-refractivity contribution in [3.63, 3.8) is 0 Å². The number of nitro benzene ring substituents is 1. The Kier molecular flexibility index (Phi) is 4.66. The fraction of sp³-hybridized carbons (Fsp3) is 0.588. The van der Waals surface area contributed by atoms with Gasteiger partial charge in [-0.3, -0.25) is 14.9 Å². The Hall–Kier alpha value is -1.75. The van der Waals surface area contributed by atoms with E-state index in [2.05, 4.69) is 20.8 Å². The summed E-state index contributed by atoms with van der Waals surface area (Å²) >= 11 is 0. The highest BCUT2D eigenvalue weighted by Crippen LogP contribution is 2.43. The number of carbonyl (C=O) groups is 1. The van der Waals surface area contributed by atoms with Crippen LogP contribution in [0.5, 0.6) is 0 Å². The third-order valence-corrected chi connectivity index (χ3v) is 4.75. The summed E-state index contributed by atoms with van der Waals surface area (Å²) in [6.07, 6.45) is 0.724. The summed E-state index contributed by atoms with van der Waals surface area (Å²) in [6.45, 7) is 6.38. The number of hydrogen-bond acceptors (Lipinski definition) is 4. The number of Topliss-reactive ketones (excluding diaryl/α,β-unsaturated/α-hetero) is 1. The third kappa shape index (κ3) is 3.35. The number of ketones is 1. The number of benzene rings is 1. The van der Waals surface area contributed by atoms with Gasteiger partial charge in [-0.2, -0.15) is 0 Å². The van der Waals surface area contributed by atoms with Gasteiger partial charge in [0.25, 0.3) is 5.69 Å². The Morgan fingerprint density at radius 2 is 1.95 bits per heavy atom. The van der Waals surface area contributed by atoms with Crippen LogP contribution in [0.15, 0.2) is 24.3 Å². The molecule has 120 valence electrons. The van der Waals surface area contributed by atoms with Gasteiger partial charge in [0.2, 0.25) is 0 Å². The van der Waals surface area contributed by atoms with E-state index < -0.39 is 16.9 Å². The summed E-state index contributed by atoms with van der Waals surface area (Å²) < 4.78 is 0. The Balaban J connectivity index is 2.29. The zero-order valence-corrected chi connectivity index (χ0v) is 13.3. The van der Waals surface area contributed by atoms with Crippen LogP contribution in [0.2, 0.25) is 0 Å². The predicted octanol–water partition coefficient (Wildman–Crippen LogP) is 3.66. The first-order valence-corrected chi connectivity index (χ1v) is 7.66. The highest BCUT2D eigenvalue weighted by Gasteiger charge is 2.40. The van der Waals surface area contributed by atoms with Gasteiger partial charge in [0.1, 0.15) is 5.78 Å². The van der Waals surface area contributed by atoms with E-state index in [1.165, 1.54) is 12.1 Å². The van der Waals surface area contributed by atoms with E-state index in [9.17, 15) is 20.0 Å². The summed E-state index contributed by atoms with van der Waals surface area (Å²) in [7, 11) is 0. The molecule has 0 spiro atoms. The zero-order valence-electron chi connectivity index (χ0n) is 13.3. The average molecular weight is 305 g/mol. The van der Waals surface area contributed by atoms with E-state index in [1.54, 1.807) is 12.1 Å². The topological polar surface area (TPSA) is 80.4 Å².